The van der Waals surface area contributed by atoms with Gasteiger partial charge in [0, 0.05) is 12.0 Å². The van der Waals surface area contributed by atoms with Crippen LogP contribution in [0.15, 0.2) is 48.0 Å². The van der Waals surface area contributed by atoms with Crippen LogP contribution in [0.4, 0.5) is 0 Å². The molecule has 0 radical (unpaired) electrons. The van der Waals surface area contributed by atoms with Crippen LogP contribution in [0.25, 0.3) is 6.08 Å². The minimum Gasteiger partial charge on any atom is -0.324 e. The molecule has 22 heavy (non-hydrogen) atoms. The van der Waals surface area contributed by atoms with E-state index in [1.165, 1.54) is 22.3 Å². The fourth-order valence-electron chi connectivity index (χ4n) is 3.11. The molecule has 2 aromatic rings. The zero-order chi connectivity index (χ0) is 15.7. The van der Waals surface area contributed by atoms with E-state index in [0.29, 0.717) is 10.0 Å². The molecule has 0 fully saturated rings. The molecular formula is C19H19Cl2N. The van der Waals surface area contributed by atoms with E-state index in [9.17, 15) is 0 Å². The van der Waals surface area contributed by atoms with Gasteiger partial charge in [-0.1, -0.05) is 72.1 Å². The molecule has 0 aliphatic heterocycles. The Kier molecular flexibility index (Phi) is 4.58. The lowest BCUT2D eigenvalue weighted by molar-refractivity contribution is 0.664. The molecule has 2 N–H and O–H groups in total. The van der Waals surface area contributed by atoms with Crippen LogP contribution >= 0.6 is 23.2 Å². The average Bonchev–Trinajstić information content (AvgIpc) is 2.55. The van der Waals surface area contributed by atoms with E-state index < -0.39 is 0 Å². The van der Waals surface area contributed by atoms with Crippen molar-refractivity contribution in [2.24, 2.45) is 5.73 Å². The minimum atomic E-state index is 0.110. The highest BCUT2D eigenvalue weighted by molar-refractivity contribution is 6.42. The SMILES string of the molecule is CCC(N)C1=Cc2ccccc2C(c2ccc(Cl)c(Cl)c2)C1. The summed E-state index contributed by atoms with van der Waals surface area (Å²) < 4.78 is 0. The number of rotatable bonds is 3. The van der Waals surface area contributed by atoms with Crippen molar-refractivity contribution in [2.45, 2.75) is 31.7 Å². The van der Waals surface area contributed by atoms with Gasteiger partial charge in [0.2, 0.25) is 0 Å². The van der Waals surface area contributed by atoms with Crippen LogP contribution in [0, 0.1) is 0 Å². The molecule has 0 spiro atoms. The third-order valence-corrected chi connectivity index (χ3v) is 5.15. The van der Waals surface area contributed by atoms with Crippen molar-refractivity contribution in [1.82, 2.24) is 0 Å². The summed E-state index contributed by atoms with van der Waals surface area (Å²) in [6.45, 7) is 2.13. The summed E-state index contributed by atoms with van der Waals surface area (Å²) in [5.41, 5.74) is 11.4. The number of hydrogen-bond donors (Lipinski definition) is 1. The predicted molar refractivity (Wildman–Crippen MR) is 95.6 cm³/mol. The number of halogens is 2. The largest absolute Gasteiger partial charge is 0.324 e. The third kappa shape index (κ3) is 2.94. The summed E-state index contributed by atoms with van der Waals surface area (Å²) in [6.07, 6.45) is 4.13. The molecular weight excluding hydrogens is 313 g/mol. The van der Waals surface area contributed by atoms with Gasteiger partial charge in [-0.15, -0.1) is 0 Å². The first kappa shape index (κ1) is 15.6. The fourth-order valence-corrected chi connectivity index (χ4v) is 3.42. The van der Waals surface area contributed by atoms with Gasteiger partial charge in [0.1, 0.15) is 0 Å². The van der Waals surface area contributed by atoms with Gasteiger partial charge in [0.15, 0.2) is 0 Å². The molecule has 3 heteroatoms. The standard InChI is InChI=1S/C19H19Cl2N/c1-2-19(22)14-9-12-5-3-4-6-15(12)16(10-14)13-7-8-17(20)18(21)11-13/h3-9,11,16,19H,2,10,22H2,1H3. The molecule has 2 aromatic carbocycles. The first-order valence-corrected chi connectivity index (χ1v) is 8.35. The van der Waals surface area contributed by atoms with Gasteiger partial charge in [0.05, 0.1) is 10.0 Å². The van der Waals surface area contributed by atoms with Crippen LogP contribution in [0.2, 0.25) is 10.0 Å². The molecule has 0 amide bonds. The minimum absolute atomic E-state index is 0.110. The van der Waals surface area contributed by atoms with Gasteiger partial charge >= 0.3 is 0 Å². The van der Waals surface area contributed by atoms with Crippen molar-refractivity contribution in [3.63, 3.8) is 0 Å². The van der Waals surface area contributed by atoms with Crippen LogP contribution in [0.5, 0.6) is 0 Å². The molecule has 2 atom stereocenters. The first-order valence-electron chi connectivity index (χ1n) is 7.60. The highest BCUT2D eigenvalue weighted by atomic mass is 35.5. The number of hydrogen-bond acceptors (Lipinski definition) is 1. The molecule has 1 aliphatic carbocycles. The average molecular weight is 332 g/mol. The van der Waals surface area contributed by atoms with Gasteiger partial charge in [-0.25, -0.2) is 0 Å². The molecule has 114 valence electrons. The van der Waals surface area contributed by atoms with Crippen LogP contribution in [-0.2, 0) is 0 Å². The molecule has 0 bridgehead atoms. The third-order valence-electron chi connectivity index (χ3n) is 4.41. The van der Waals surface area contributed by atoms with Gasteiger partial charge in [-0.3, -0.25) is 0 Å². The van der Waals surface area contributed by atoms with E-state index >= 15 is 0 Å². The van der Waals surface area contributed by atoms with E-state index in [0.717, 1.165) is 12.8 Å². The van der Waals surface area contributed by atoms with E-state index in [2.05, 4.69) is 43.3 Å². The quantitative estimate of drug-likeness (QED) is 0.772. The van der Waals surface area contributed by atoms with E-state index in [1.54, 1.807) is 0 Å². The lowest BCUT2D eigenvalue weighted by atomic mass is 9.77. The van der Waals surface area contributed by atoms with Gasteiger partial charge in [-0.05, 0) is 41.7 Å². The van der Waals surface area contributed by atoms with E-state index in [-0.39, 0.29) is 12.0 Å². The number of fused-ring (bicyclic) bond motifs is 1. The van der Waals surface area contributed by atoms with E-state index in [4.69, 9.17) is 28.9 Å². The molecule has 1 nitrogen and oxygen atoms in total. The molecule has 2 unspecified atom stereocenters. The summed E-state index contributed by atoms with van der Waals surface area (Å²) in [5, 5.41) is 1.20. The Morgan fingerprint density at radius 1 is 1.14 bits per heavy atom. The Morgan fingerprint density at radius 2 is 1.91 bits per heavy atom. The Balaban J connectivity index is 2.07. The Morgan fingerprint density at radius 3 is 2.64 bits per heavy atom. The molecule has 3 rings (SSSR count). The predicted octanol–water partition coefficient (Wildman–Crippen LogP) is 5.65. The molecule has 0 saturated heterocycles. The molecule has 0 aromatic heterocycles. The zero-order valence-corrected chi connectivity index (χ0v) is 14.0. The summed E-state index contributed by atoms with van der Waals surface area (Å²) >= 11 is 12.3. The second-order valence-electron chi connectivity index (χ2n) is 5.79. The molecule has 1 aliphatic rings. The number of benzene rings is 2. The Hall–Kier alpha value is -1.28. The highest BCUT2D eigenvalue weighted by Crippen LogP contribution is 2.40. The lowest BCUT2D eigenvalue weighted by Gasteiger charge is -2.29. The van der Waals surface area contributed by atoms with Gasteiger partial charge in [-0.2, -0.15) is 0 Å². The maximum atomic E-state index is 6.28. The van der Waals surface area contributed by atoms with Crippen molar-refractivity contribution in [3.05, 3.63) is 74.8 Å². The number of nitrogens with two attached hydrogens (primary N) is 1. The van der Waals surface area contributed by atoms with Crippen molar-refractivity contribution in [1.29, 1.82) is 0 Å². The van der Waals surface area contributed by atoms with Gasteiger partial charge in [0.25, 0.3) is 0 Å². The van der Waals surface area contributed by atoms with E-state index in [1.807, 2.05) is 12.1 Å². The van der Waals surface area contributed by atoms with Gasteiger partial charge < -0.3 is 5.73 Å². The van der Waals surface area contributed by atoms with Crippen LogP contribution < -0.4 is 5.73 Å². The van der Waals surface area contributed by atoms with Crippen molar-refractivity contribution in [2.75, 3.05) is 0 Å². The molecule has 0 saturated carbocycles. The smallest absolute Gasteiger partial charge is 0.0595 e. The summed E-state index contributed by atoms with van der Waals surface area (Å²) in [5.74, 6) is 0.281. The first-order chi connectivity index (χ1) is 10.6. The normalized spacial score (nSPS) is 18.5. The zero-order valence-electron chi connectivity index (χ0n) is 12.5. The highest BCUT2D eigenvalue weighted by Gasteiger charge is 2.25. The van der Waals surface area contributed by atoms with Crippen molar-refractivity contribution >= 4 is 29.3 Å². The monoisotopic (exact) mass is 331 g/mol. The van der Waals surface area contributed by atoms with Crippen molar-refractivity contribution in [3.8, 4) is 0 Å². The summed E-state index contributed by atoms with van der Waals surface area (Å²) in [7, 11) is 0. The van der Waals surface area contributed by atoms with Crippen LogP contribution in [0.1, 0.15) is 42.4 Å². The molecule has 0 heterocycles. The second-order valence-corrected chi connectivity index (χ2v) is 6.61. The van der Waals surface area contributed by atoms with Crippen LogP contribution in [-0.4, -0.2) is 6.04 Å². The Bertz CT molecular complexity index is 721. The second kappa shape index (κ2) is 6.45. The topological polar surface area (TPSA) is 26.0 Å². The lowest BCUT2D eigenvalue weighted by Crippen LogP contribution is -2.25. The summed E-state index contributed by atoms with van der Waals surface area (Å²) in [6, 6.07) is 14.5. The fraction of sp³-hybridized carbons (Fsp3) is 0.263. The maximum Gasteiger partial charge on any atom is 0.0595 e. The Labute approximate surface area is 141 Å². The van der Waals surface area contributed by atoms with Crippen molar-refractivity contribution < 1.29 is 0 Å². The van der Waals surface area contributed by atoms with Crippen LogP contribution in [0.3, 0.4) is 0 Å². The maximum absolute atomic E-state index is 6.28. The summed E-state index contributed by atoms with van der Waals surface area (Å²) in [4.78, 5) is 0.